The number of hydrogen-bond donors (Lipinski definition) is 2. The summed E-state index contributed by atoms with van der Waals surface area (Å²) >= 11 is 7.52. The minimum Gasteiger partial charge on any atom is -0.481 e. The molecule has 0 aliphatic rings. The molecule has 0 atom stereocenters. The maximum Gasteiger partial charge on any atom is 0.305 e. The molecular weight excluding hydrogens is 312 g/mol. The van der Waals surface area contributed by atoms with Crippen LogP contribution in [0.15, 0.2) is 29.6 Å². The number of thiazole rings is 1. The van der Waals surface area contributed by atoms with Crippen LogP contribution in [0, 0.1) is 0 Å². The third kappa shape index (κ3) is 4.54. The van der Waals surface area contributed by atoms with Crippen LogP contribution >= 0.6 is 22.9 Å². The standard InChI is InChI=1S/C14H13ClN2O3S/c15-11-4-2-1-3-10(11)14-17-9(8-21-14)7-12(18)16-6-5-13(19)20/h1-4,8H,5-7H2,(H,16,18)(H,19,20). The summed E-state index contributed by atoms with van der Waals surface area (Å²) in [5, 5.41) is 14.2. The maximum atomic E-state index is 11.6. The average Bonchev–Trinajstić information content (AvgIpc) is 2.87. The number of carbonyl (C=O) groups excluding carboxylic acids is 1. The molecule has 0 fully saturated rings. The van der Waals surface area contributed by atoms with Crippen molar-refractivity contribution in [3.05, 3.63) is 40.4 Å². The van der Waals surface area contributed by atoms with Gasteiger partial charge in [0.2, 0.25) is 5.91 Å². The van der Waals surface area contributed by atoms with Crippen LogP contribution in [0.5, 0.6) is 0 Å². The predicted molar refractivity (Wildman–Crippen MR) is 81.5 cm³/mol. The number of nitrogens with zero attached hydrogens (tertiary/aromatic N) is 1. The Kier molecular flexibility index (Phi) is 5.30. The van der Waals surface area contributed by atoms with Crippen LogP contribution in [0.4, 0.5) is 0 Å². The topological polar surface area (TPSA) is 79.3 Å². The molecule has 110 valence electrons. The van der Waals surface area contributed by atoms with Crippen molar-refractivity contribution in [2.75, 3.05) is 6.54 Å². The van der Waals surface area contributed by atoms with E-state index < -0.39 is 5.97 Å². The first kappa shape index (κ1) is 15.5. The summed E-state index contributed by atoms with van der Waals surface area (Å²) in [5.41, 5.74) is 1.48. The highest BCUT2D eigenvalue weighted by Gasteiger charge is 2.11. The van der Waals surface area contributed by atoms with Gasteiger partial charge in [-0.1, -0.05) is 29.8 Å². The van der Waals surface area contributed by atoms with Gasteiger partial charge >= 0.3 is 5.97 Å². The molecule has 2 N–H and O–H groups in total. The van der Waals surface area contributed by atoms with E-state index in [0.29, 0.717) is 10.7 Å². The molecule has 1 aromatic carbocycles. The van der Waals surface area contributed by atoms with Gasteiger partial charge in [0.15, 0.2) is 0 Å². The quantitative estimate of drug-likeness (QED) is 0.856. The highest BCUT2D eigenvalue weighted by Crippen LogP contribution is 2.30. The van der Waals surface area contributed by atoms with E-state index in [1.165, 1.54) is 11.3 Å². The second kappa shape index (κ2) is 7.19. The van der Waals surface area contributed by atoms with Crippen LogP contribution < -0.4 is 5.32 Å². The van der Waals surface area contributed by atoms with E-state index >= 15 is 0 Å². The molecule has 0 spiro atoms. The Labute approximate surface area is 130 Å². The molecule has 0 bridgehead atoms. The molecule has 0 aliphatic heterocycles. The minimum atomic E-state index is -0.940. The zero-order chi connectivity index (χ0) is 15.2. The highest BCUT2D eigenvalue weighted by molar-refractivity contribution is 7.13. The molecule has 0 saturated heterocycles. The van der Waals surface area contributed by atoms with E-state index in [-0.39, 0.29) is 25.3 Å². The SMILES string of the molecule is O=C(O)CCNC(=O)Cc1csc(-c2ccccc2Cl)n1. The Hall–Kier alpha value is -1.92. The molecule has 7 heteroatoms. The predicted octanol–water partition coefficient (Wildman–Crippen LogP) is 2.60. The van der Waals surface area contributed by atoms with E-state index in [1.54, 1.807) is 11.4 Å². The van der Waals surface area contributed by atoms with E-state index in [2.05, 4.69) is 10.3 Å². The molecule has 1 aromatic heterocycles. The lowest BCUT2D eigenvalue weighted by molar-refractivity contribution is -0.136. The van der Waals surface area contributed by atoms with Crippen molar-refractivity contribution in [1.29, 1.82) is 0 Å². The molecule has 2 aromatic rings. The lowest BCUT2D eigenvalue weighted by atomic mass is 10.2. The molecule has 0 unspecified atom stereocenters. The molecule has 0 saturated carbocycles. The van der Waals surface area contributed by atoms with Crippen molar-refractivity contribution >= 4 is 34.8 Å². The summed E-state index contributed by atoms with van der Waals surface area (Å²) in [5.74, 6) is -1.18. The van der Waals surface area contributed by atoms with Crippen molar-refractivity contribution in [2.24, 2.45) is 0 Å². The number of rotatable bonds is 6. The van der Waals surface area contributed by atoms with Crippen molar-refractivity contribution in [1.82, 2.24) is 10.3 Å². The Morgan fingerprint density at radius 3 is 2.81 bits per heavy atom. The van der Waals surface area contributed by atoms with Gasteiger partial charge in [-0.2, -0.15) is 0 Å². The highest BCUT2D eigenvalue weighted by atomic mass is 35.5. The zero-order valence-electron chi connectivity index (χ0n) is 11.0. The molecule has 2 rings (SSSR count). The Balaban J connectivity index is 1.96. The number of benzene rings is 1. The van der Waals surface area contributed by atoms with E-state index in [9.17, 15) is 9.59 Å². The van der Waals surface area contributed by atoms with Crippen molar-refractivity contribution < 1.29 is 14.7 Å². The van der Waals surface area contributed by atoms with Gasteiger partial charge in [-0.3, -0.25) is 9.59 Å². The van der Waals surface area contributed by atoms with Gasteiger partial charge in [-0.15, -0.1) is 11.3 Å². The van der Waals surface area contributed by atoms with Crippen molar-refractivity contribution in [3.63, 3.8) is 0 Å². The van der Waals surface area contributed by atoms with E-state index in [0.717, 1.165) is 10.6 Å². The second-order valence-electron chi connectivity index (χ2n) is 4.29. The molecule has 21 heavy (non-hydrogen) atoms. The monoisotopic (exact) mass is 324 g/mol. The fourth-order valence-corrected chi connectivity index (χ4v) is 2.82. The van der Waals surface area contributed by atoms with Gasteiger partial charge in [0.05, 0.1) is 23.6 Å². The van der Waals surface area contributed by atoms with Crippen molar-refractivity contribution in [3.8, 4) is 10.6 Å². The fourth-order valence-electron chi connectivity index (χ4n) is 1.68. The number of aromatic nitrogens is 1. The van der Waals surface area contributed by atoms with Crippen LogP contribution in [-0.4, -0.2) is 28.5 Å². The second-order valence-corrected chi connectivity index (χ2v) is 5.56. The number of carboxylic acids is 1. The first-order valence-corrected chi connectivity index (χ1v) is 7.50. The van der Waals surface area contributed by atoms with Gasteiger partial charge in [-0.25, -0.2) is 4.98 Å². The van der Waals surface area contributed by atoms with Gasteiger partial charge in [0, 0.05) is 17.5 Å². The van der Waals surface area contributed by atoms with Crippen LogP contribution in [0.2, 0.25) is 5.02 Å². The third-order valence-corrected chi connectivity index (χ3v) is 3.91. The number of amides is 1. The Bertz CT molecular complexity index is 657. The fraction of sp³-hybridized carbons (Fsp3) is 0.214. The van der Waals surface area contributed by atoms with Gasteiger partial charge in [0.1, 0.15) is 5.01 Å². The molecule has 5 nitrogen and oxygen atoms in total. The zero-order valence-corrected chi connectivity index (χ0v) is 12.6. The number of halogens is 1. The maximum absolute atomic E-state index is 11.6. The van der Waals surface area contributed by atoms with Gasteiger partial charge in [0.25, 0.3) is 0 Å². The summed E-state index contributed by atoms with van der Waals surface area (Å²) < 4.78 is 0. The van der Waals surface area contributed by atoms with E-state index in [4.69, 9.17) is 16.7 Å². The normalized spacial score (nSPS) is 10.3. The summed E-state index contributed by atoms with van der Waals surface area (Å²) in [6, 6.07) is 7.38. The molecule has 0 radical (unpaired) electrons. The summed E-state index contributed by atoms with van der Waals surface area (Å²) in [6.07, 6.45) is 0.0360. The molecule has 1 heterocycles. The van der Waals surface area contributed by atoms with Gasteiger partial charge in [-0.05, 0) is 6.07 Å². The Morgan fingerprint density at radius 1 is 1.33 bits per heavy atom. The molecular formula is C14H13ClN2O3S. The number of carbonyl (C=O) groups is 2. The van der Waals surface area contributed by atoms with Gasteiger partial charge < -0.3 is 10.4 Å². The molecule has 1 amide bonds. The summed E-state index contributed by atoms with van der Waals surface area (Å²) in [7, 11) is 0. The third-order valence-electron chi connectivity index (χ3n) is 2.66. The smallest absolute Gasteiger partial charge is 0.305 e. The van der Waals surface area contributed by atoms with E-state index in [1.807, 2.05) is 18.2 Å². The van der Waals surface area contributed by atoms with Crippen LogP contribution in [0.1, 0.15) is 12.1 Å². The van der Waals surface area contributed by atoms with Crippen LogP contribution in [0.3, 0.4) is 0 Å². The minimum absolute atomic E-state index is 0.0896. The van der Waals surface area contributed by atoms with Crippen molar-refractivity contribution in [2.45, 2.75) is 12.8 Å². The molecule has 0 aliphatic carbocycles. The summed E-state index contributed by atoms with van der Waals surface area (Å²) in [4.78, 5) is 26.4. The number of carboxylic acid groups (broad SMARTS) is 1. The first-order valence-electron chi connectivity index (χ1n) is 6.24. The largest absolute Gasteiger partial charge is 0.481 e. The number of aliphatic carboxylic acids is 1. The lowest BCUT2D eigenvalue weighted by Gasteiger charge is -2.01. The average molecular weight is 325 g/mol. The van der Waals surface area contributed by atoms with Crippen LogP contribution in [0.25, 0.3) is 10.6 Å². The number of nitrogens with one attached hydrogen (secondary N) is 1. The first-order chi connectivity index (χ1) is 10.1. The Morgan fingerprint density at radius 2 is 2.10 bits per heavy atom. The summed E-state index contributed by atoms with van der Waals surface area (Å²) in [6.45, 7) is 0.121. The van der Waals surface area contributed by atoms with Crippen LogP contribution in [-0.2, 0) is 16.0 Å². The lowest BCUT2D eigenvalue weighted by Crippen LogP contribution is -2.27. The number of hydrogen-bond acceptors (Lipinski definition) is 4.